The van der Waals surface area contributed by atoms with Crippen molar-refractivity contribution in [2.75, 3.05) is 6.61 Å². The van der Waals surface area contributed by atoms with Gasteiger partial charge < -0.3 is 4.74 Å². The lowest BCUT2D eigenvalue weighted by atomic mass is 10.1. The number of hydrogen-bond acceptors (Lipinski definition) is 3. The molecule has 1 heterocycles. The van der Waals surface area contributed by atoms with Gasteiger partial charge >= 0.3 is 5.97 Å². The summed E-state index contributed by atoms with van der Waals surface area (Å²) in [6.45, 7) is 0.470. The fraction of sp³-hybridized carbons (Fsp3) is 0.733. The number of carbonyl (C=O) groups excluding carboxylic acids is 2. The lowest BCUT2D eigenvalue weighted by Gasteiger charge is -2.04. The molecule has 18 heavy (non-hydrogen) atoms. The van der Waals surface area contributed by atoms with Gasteiger partial charge in [-0.05, 0) is 18.9 Å². The van der Waals surface area contributed by atoms with Crippen LogP contribution in [-0.4, -0.2) is 18.4 Å². The largest absolute Gasteiger partial charge is 0.463 e. The summed E-state index contributed by atoms with van der Waals surface area (Å²) in [6, 6.07) is 0. The second-order valence-electron chi connectivity index (χ2n) is 4.90. The zero-order chi connectivity index (χ0) is 13.1. The summed E-state index contributed by atoms with van der Waals surface area (Å²) in [4.78, 5) is 22.7. The van der Waals surface area contributed by atoms with E-state index in [-0.39, 0.29) is 5.78 Å². The molecule has 0 atom stereocenters. The average molecular weight is 252 g/mol. The minimum Gasteiger partial charge on any atom is -0.463 e. The van der Waals surface area contributed by atoms with Crippen LogP contribution in [0.1, 0.15) is 64.2 Å². The van der Waals surface area contributed by atoms with E-state index < -0.39 is 5.97 Å². The average Bonchev–Trinajstić information content (AvgIpc) is 2.36. The summed E-state index contributed by atoms with van der Waals surface area (Å²) in [5.74, 6) is -0.366. The maximum atomic E-state index is 11.4. The van der Waals surface area contributed by atoms with Gasteiger partial charge in [-0.15, -0.1) is 0 Å². The van der Waals surface area contributed by atoms with Crippen molar-refractivity contribution in [3.8, 4) is 0 Å². The van der Waals surface area contributed by atoms with Crippen molar-refractivity contribution < 1.29 is 14.3 Å². The van der Waals surface area contributed by atoms with Crippen molar-refractivity contribution in [3.63, 3.8) is 0 Å². The van der Waals surface area contributed by atoms with Gasteiger partial charge in [0.2, 0.25) is 0 Å². The van der Waals surface area contributed by atoms with Crippen molar-refractivity contribution >= 4 is 11.8 Å². The Hall–Kier alpha value is -1.12. The normalized spacial score (nSPS) is 23.3. The van der Waals surface area contributed by atoms with Crippen LogP contribution in [0, 0.1) is 0 Å². The Morgan fingerprint density at radius 3 is 1.94 bits per heavy atom. The third kappa shape index (κ3) is 8.04. The molecule has 0 aliphatic carbocycles. The molecule has 1 aliphatic heterocycles. The Morgan fingerprint density at radius 2 is 1.28 bits per heavy atom. The van der Waals surface area contributed by atoms with E-state index in [1.165, 1.54) is 44.3 Å². The summed E-state index contributed by atoms with van der Waals surface area (Å²) in [6.07, 6.45) is 13.5. The number of rotatable bonds is 0. The SMILES string of the molecule is O=C1/C=C/C(=O)OCCCCCCCCCCC1. The predicted octanol–water partition coefficient (Wildman–Crippen LogP) is 3.57. The third-order valence-electron chi connectivity index (χ3n) is 3.22. The van der Waals surface area contributed by atoms with Crippen LogP contribution in [0.3, 0.4) is 0 Å². The molecular formula is C15H24O3. The lowest BCUT2D eigenvalue weighted by Crippen LogP contribution is -2.04. The molecule has 3 nitrogen and oxygen atoms in total. The van der Waals surface area contributed by atoms with Gasteiger partial charge in [0.05, 0.1) is 6.61 Å². The Bertz CT molecular complexity index is 253. The first kappa shape index (κ1) is 14.9. The second-order valence-corrected chi connectivity index (χ2v) is 4.90. The van der Waals surface area contributed by atoms with E-state index in [4.69, 9.17) is 4.74 Å². The molecule has 0 N–H and O–H groups in total. The topological polar surface area (TPSA) is 43.4 Å². The van der Waals surface area contributed by atoms with Crippen molar-refractivity contribution in [2.24, 2.45) is 0 Å². The number of ether oxygens (including phenoxy) is 1. The molecule has 0 aromatic carbocycles. The van der Waals surface area contributed by atoms with Gasteiger partial charge in [0, 0.05) is 12.5 Å². The van der Waals surface area contributed by atoms with E-state index in [1.807, 2.05) is 0 Å². The van der Waals surface area contributed by atoms with Gasteiger partial charge in [-0.2, -0.15) is 0 Å². The van der Waals surface area contributed by atoms with E-state index >= 15 is 0 Å². The van der Waals surface area contributed by atoms with Gasteiger partial charge in [0.25, 0.3) is 0 Å². The first-order valence-electron chi connectivity index (χ1n) is 7.17. The standard InChI is InChI=1S/C15H24O3/c16-14-10-8-6-4-2-1-3-5-7-9-13-18-15(17)12-11-14/h11-12H,1-10,13H2/b12-11+. The van der Waals surface area contributed by atoms with Crippen LogP contribution in [0.5, 0.6) is 0 Å². The van der Waals surface area contributed by atoms with Crippen molar-refractivity contribution in [1.82, 2.24) is 0 Å². The monoisotopic (exact) mass is 252 g/mol. The molecule has 0 bridgehead atoms. The smallest absolute Gasteiger partial charge is 0.330 e. The van der Waals surface area contributed by atoms with Crippen LogP contribution in [0.25, 0.3) is 0 Å². The molecular weight excluding hydrogens is 228 g/mol. The molecule has 0 saturated carbocycles. The summed E-state index contributed by atoms with van der Waals surface area (Å²) < 4.78 is 5.01. The molecule has 0 fully saturated rings. The highest BCUT2D eigenvalue weighted by Crippen LogP contribution is 2.11. The van der Waals surface area contributed by atoms with Crippen molar-refractivity contribution in [3.05, 3.63) is 12.2 Å². The van der Waals surface area contributed by atoms with E-state index in [1.54, 1.807) is 0 Å². The second kappa shape index (κ2) is 9.86. The molecule has 0 aromatic rings. The molecule has 102 valence electrons. The molecule has 1 aliphatic rings. The van der Waals surface area contributed by atoms with Crippen LogP contribution in [-0.2, 0) is 14.3 Å². The number of hydrogen-bond donors (Lipinski definition) is 0. The van der Waals surface area contributed by atoms with E-state index in [0.29, 0.717) is 13.0 Å². The van der Waals surface area contributed by atoms with Crippen molar-refractivity contribution in [1.29, 1.82) is 0 Å². The first-order valence-corrected chi connectivity index (χ1v) is 7.17. The molecule has 0 saturated heterocycles. The number of esters is 1. The Labute approximate surface area is 110 Å². The molecule has 3 heteroatoms. The highest BCUT2D eigenvalue weighted by atomic mass is 16.5. The maximum absolute atomic E-state index is 11.4. The minimum atomic E-state index is -0.393. The molecule has 0 amide bonds. The zero-order valence-corrected chi connectivity index (χ0v) is 11.2. The predicted molar refractivity (Wildman–Crippen MR) is 71.3 cm³/mol. The van der Waals surface area contributed by atoms with Gasteiger partial charge in [0.1, 0.15) is 0 Å². The van der Waals surface area contributed by atoms with Gasteiger partial charge in [-0.3, -0.25) is 4.79 Å². The fourth-order valence-corrected chi connectivity index (χ4v) is 2.10. The number of cyclic esters (lactones) is 1. The summed E-state index contributed by atoms with van der Waals surface area (Å²) in [7, 11) is 0. The van der Waals surface area contributed by atoms with Crippen LogP contribution in [0.4, 0.5) is 0 Å². The molecule has 1 rings (SSSR count). The van der Waals surface area contributed by atoms with E-state index in [9.17, 15) is 9.59 Å². The quantitative estimate of drug-likeness (QED) is 0.619. The van der Waals surface area contributed by atoms with Crippen molar-refractivity contribution in [2.45, 2.75) is 64.2 Å². The molecule has 0 spiro atoms. The van der Waals surface area contributed by atoms with Gasteiger partial charge in [-0.25, -0.2) is 4.79 Å². The lowest BCUT2D eigenvalue weighted by molar-refractivity contribution is -0.138. The van der Waals surface area contributed by atoms with E-state index in [0.717, 1.165) is 25.7 Å². The minimum absolute atomic E-state index is 0.0269. The number of allylic oxidation sites excluding steroid dienone is 1. The third-order valence-corrected chi connectivity index (χ3v) is 3.22. The van der Waals surface area contributed by atoms with Gasteiger partial charge in [0.15, 0.2) is 5.78 Å². The zero-order valence-electron chi connectivity index (χ0n) is 11.2. The van der Waals surface area contributed by atoms with Crippen LogP contribution < -0.4 is 0 Å². The number of ketones is 1. The highest BCUT2D eigenvalue weighted by molar-refractivity contribution is 5.95. The Balaban J connectivity index is 2.32. The molecule has 0 aromatic heterocycles. The summed E-state index contributed by atoms with van der Waals surface area (Å²) >= 11 is 0. The Kier molecular flexibility index (Phi) is 8.19. The van der Waals surface area contributed by atoms with E-state index in [2.05, 4.69) is 0 Å². The molecule has 0 unspecified atom stereocenters. The first-order chi connectivity index (χ1) is 8.79. The van der Waals surface area contributed by atoms with Gasteiger partial charge in [-0.1, -0.05) is 44.9 Å². The van der Waals surface area contributed by atoms with Crippen LogP contribution >= 0.6 is 0 Å². The number of carbonyl (C=O) groups is 2. The fourth-order valence-electron chi connectivity index (χ4n) is 2.10. The molecule has 0 radical (unpaired) electrons. The van der Waals surface area contributed by atoms with Crippen LogP contribution in [0.2, 0.25) is 0 Å². The highest BCUT2D eigenvalue weighted by Gasteiger charge is 2.02. The summed E-state index contributed by atoms with van der Waals surface area (Å²) in [5, 5.41) is 0. The van der Waals surface area contributed by atoms with Crippen LogP contribution in [0.15, 0.2) is 12.2 Å². The summed E-state index contributed by atoms with van der Waals surface area (Å²) in [5.41, 5.74) is 0. The Morgan fingerprint density at radius 1 is 0.722 bits per heavy atom. The maximum Gasteiger partial charge on any atom is 0.330 e.